The standard InChI is InChI=1S/C22H21NO6/c1-15(19-8-9-20-10-18(12-24)6-7-21(20)11-19)22(25)28-13-16-2-4-17(5-3-16)14-29-23(26)27/h2-11,15,24H,12-14H2,1H3. The minimum absolute atomic E-state index is 0.00977. The Hall–Kier alpha value is -3.45. The number of benzene rings is 3. The van der Waals surface area contributed by atoms with Gasteiger partial charge in [0, 0.05) is 0 Å². The summed E-state index contributed by atoms with van der Waals surface area (Å²) in [7, 11) is 0. The second-order valence-electron chi connectivity index (χ2n) is 6.74. The zero-order chi connectivity index (χ0) is 20.8. The Bertz CT molecular complexity index is 1020. The summed E-state index contributed by atoms with van der Waals surface area (Å²) in [5, 5.41) is 20.6. The van der Waals surface area contributed by atoms with E-state index in [-0.39, 0.29) is 25.8 Å². The molecule has 29 heavy (non-hydrogen) atoms. The number of hydrogen-bond donors (Lipinski definition) is 1. The van der Waals surface area contributed by atoms with Crippen molar-refractivity contribution >= 4 is 16.7 Å². The molecule has 0 heterocycles. The largest absolute Gasteiger partial charge is 0.460 e. The van der Waals surface area contributed by atoms with E-state index < -0.39 is 11.0 Å². The van der Waals surface area contributed by atoms with E-state index in [1.807, 2.05) is 36.4 Å². The molecule has 0 radical (unpaired) electrons. The van der Waals surface area contributed by atoms with Crippen LogP contribution in [0.4, 0.5) is 0 Å². The highest BCUT2D eigenvalue weighted by Crippen LogP contribution is 2.24. The Kier molecular flexibility index (Phi) is 6.41. The maximum Gasteiger partial charge on any atom is 0.313 e. The first kappa shape index (κ1) is 20.3. The van der Waals surface area contributed by atoms with E-state index in [1.165, 1.54) is 0 Å². The number of carbonyl (C=O) groups excluding carboxylic acids is 1. The summed E-state index contributed by atoms with van der Waals surface area (Å²) in [4.78, 5) is 27.0. The van der Waals surface area contributed by atoms with Gasteiger partial charge in [0.15, 0.2) is 0 Å². The fourth-order valence-corrected chi connectivity index (χ4v) is 2.96. The van der Waals surface area contributed by atoms with E-state index >= 15 is 0 Å². The zero-order valence-corrected chi connectivity index (χ0v) is 15.9. The summed E-state index contributed by atoms with van der Waals surface area (Å²) >= 11 is 0. The predicted octanol–water partition coefficient (Wildman–Crippen LogP) is 3.89. The van der Waals surface area contributed by atoms with Crippen molar-refractivity contribution in [1.29, 1.82) is 0 Å². The Morgan fingerprint density at radius 3 is 2.21 bits per heavy atom. The van der Waals surface area contributed by atoms with Gasteiger partial charge in [-0.15, -0.1) is 10.1 Å². The average Bonchev–Trinajstić information content (AvgIpc) is 2.75. The highest BCUT2D eigenvalue weighted by Gasteiger charge is 2.17. The van der Waals surface area contributed by atoms with Crippen molar-refractivity contribution < 1.29 is 24.6 Å². The van der Waals surface area contributed by atoms with Crippen LogP contribution in [-0.2, 0) is 34.2 Å². The number of nitrogens with zero attached hydrogens (tertiary/aromatic N) is 1. The van der Waals surface area contributed by atoms with Gasteiger partial charge in [0.2, 0.25) is 0 Å². The van der Waals surface area contributed by atoms with Crippen molar-refractivity contribution in [3.63, 3.8) is 0 Å². The van der Waals surface area contributed by atoms with Gasteiger partial charge in [-0.05, 0) is 46.0 Å². The molecule has 3 rings (SSSR count). The van der Waals surface area contributed by atoms with Gasteiger partial charge >= 0.3 is 5.97 Å². The molecule has 1 unspecified atom stereocenters. The van der Waals surface area contributed by atoms with E-state index in [0.29, 0.717) is 5.56 Å². The van der Waals surface area contributed by atoms with Crippen LogP contribution >= 0.6 is 0 Å². The Labute approximate surface area is 167 Å². The van der Waals surface area contributed by atoms with Crippen molar-refractivity contribution in [1.82, 2.24) is 0 Å². The monoisotopic (exact) mass is 395 g/mol. The highest BCUT2D eigenvalue weighted by atomic mass is 16.9. The van der Waals surface area contributed by atoms with Crippen molar-refractivity contribution in [2.75, 3.05) is 0 Å². The number of fused-ring (bicyclic) bond motifs is 1. The number of hydrogen-bond acceptors (Lipinski definition) is 6. The summed E-state index contributed by atoms with van der Waals surface area (Å²) in [6, 6.07) is 18.3. The summed E-state index contributed by atoms with van der Waals surface area (Å²) in [5.74, 6) is -0.762. The van der Waals surface area contributed by atoms with Crippen molar-refractivity contribution in [3.05, 3.63) is 93.0 Å². The summed E-state index contributed by atoms with van der Waals surface area (Å²) in [6.07, 6.45) is 0. The lowest BCUT2D eigenvalue weighted by atomic mass is 9.97. The van der Waals surface area contributed by atoms with E-state index in [2.05, 4.69) is 4.84 Å². The first-order valence-corrected chi connectivity index (χ1v) is 9.11. The van der Waals surface area contributed by atoms with Crippen LogP contribution < -0.4 is 0 Å². The number of carbonyl (C=O) groups is 1. The maximum absolute atomic E-state index is 12.4. The third-order valence-corrected chi connectivity index (χ3v) is 4.71. The van der Waals surface area contributed by atoms with Crippen molar-refractivity contribution in [2.45, 2.75) is 32.7 Å². The van der Waals surface area contributed by atoms with Gasteiger partial charge < -0.3 is 14.7 Å². The Morgan fingerprint density at radius 1 is 0.966 bits per heavy atom. The molecule has 0 aliphatic carbocycles. The molecule has 0 aliphatic heterocycles. The second-order valence-corrected chi connectivity index (χ2v) is 6.74. The van der Waals surface area contributed by atoms with Gasteiger partial charge in [-0.3, -0.25) is 4.79 Å². The number of rotatable bonds is 8. The van der Waals surface area contributed by atoms with Gasteiger partial charge in [-0.2, -0.15) is 0 Å². The molecule has 150 valence electrons. The lowest BCUT2D eigenvalue weighted by Gasteiger charge is -2.13. The quantitative estimate of drug-likeness (QED) is 0.353. The van der Waals surface area contributed by atoms with Gasteiger partial charge in [-0.25, -0.2) is 0 Å². The third-order valence-electron chi connectivity index (χ3n) is 4.71. The lowest BCUT2D eigenvalue weighted by molar-refractivity contribution is -0.763. The van der Waals surface area contributed by atoms with Crippen LogP contribution in [0.5, 0.6) is 0 Å². The molecule has 0 amide bonds. The van der Waals surface area contributed by atoms with Crippen LogP contribution in [0.2, 0.25) is 0 Å². The smallest absolute Gasteiger partial charge is 0.313 e. The predicted molar refractivity (Wildman–Crippen MR) is 106 cm³/mol. The molecule has 0 saturated carbocycles. The topological polar surface area (TPSA) is 98.9 Å². The van der Waals surface area contributed by atoms with Crippen molar-refractivity contribution in [3.8, 4) is 0 Å². The van der Waals surface area contributed by atoms with Crippen LogP contribution in [-0.4, -0.2) is 16.2 Å². The van der Waals surface area contributed by atoms with Crippen LogP contribution in [0, 0.1) is 10.1 Å². The van der Waals surface area contributed by atoms with E-state index in [1.54, 1.807) is 31.2 Å². The van der Waals surface area contributed by atoms with Gasteiger partial charge in [-0.1, -0.05) is 54.6 Å². The van der Waals surface area contributed by atoms with Crippen molar-refractivity contribution in [2.24, 2.45) is 0 Å². The molecule has 0 fully saturated rings. The Balaban J connectivity index is 1.60. The first-order valence-electron chi connectivity index (χ1n) is 9.11. The zero-order valence-electron chi connectivity index (χ0n) is 15.9. The average molecular weight is 395 g/mol. The van der Waals surface area contributed by atoms with Gasteiger partial charge in [0.1, 0.15) is 13.2 Å². The minimum atomic E-state index is -0.838. The third kappa shape index (κ3) is 5.30. The Morgan fingerprint density at radius 2 is 1.55 bits per heavy atom. The van der Waals surface area contributed by atoms with Gasteiger partial charge in [0.05, 0.1) is 12.5 Å². The fraction of sp³-hybridized carbons (Fsp3) is 0.227. The maximum atomic E-state index is 12.4. The summed E-state index contributed by atoms with van der Waals surface area (Å²) < 4.78 is 5.42. The summed E-state index contributed by atoms with van der Waals surface area (Å²) in [6.45, 7) is 1.78. The molecule has 0 aromatic heterocycles. The van der Waals surface area contributed by atoms with Crippen LogP contribution in [0.25, 0.3) is 10.8 Å². The van der Waals surface area contributed by atoms with Crippen LogP contribution in [0.3, 0.4) is 0 Å². The van der Waals surface area contributed by atoms with E-state index in [4.69, 9.17) is 4.74 Å². The normalized spacial score (nSPS) is 11.8. The number of aliphatic hydroxyl groups excluding tert-OH is 1. The van der Waals surface area contributed by atoms with E-state index in [9.17, 15) is 20.0 Å². The molecule has 7 nitrogen and oxygen atoms in total. The molecule has 1 N–H and O–H groups in total. The highest BCUT2D eigenvalue weighted by molar-refractivity contribution is 5.86. The van der Waals surface area contributed by atoms with Gasteiger partial charge in [0.25, 0.3) is 5.09 Å². The molecule has 0 saturated heterocycles. The molecule has 7 heteroatoms. The first-order chi connectivity index (χ1) is 14.0. The minimum Gasteiger partial charge on any atom is -0.460 e. The fourth-order valence-electron chi connectivity index (χ4n) is 2.96. The molecule has 0 bridgehead atoms. The second kappa shape index (κ2) is 9.16. The molecule has 0 spiro atoms. The summed E-state index contributed by atoms with van der Waals surface area (Å²) in [5.41, 5.74) is 3.14. The lowest BCUT2D eigenvalue weighted by Crippen LogP contribution is -2.13. The van der Waals surface area contributed by atoms with Crippen LogP contribution in [0.1, 0.15) is 35.1 Å². The number of aliphatic hydroxyl groups is 1. The van der Waals surface area contributed by atoms with E-state index in [0.717, 1.165) is 27.5 Å². The molecule has 1 atom stereocenters. The molecule has 3 aromatic rings. The number of esters is 1. The SMILES string of the molecule is CC(C(=O)OCc1ccc(CO[N+](=O)[O-])cc1)c1ccc2cc(CO)ccc2c1. The molecule has 0 aliphatic rings. The molecule has 3 aromatic carbocycles. The number of ether oxygens (including phenoxy) is 1. The molecular formula is C22H21NO6. The molecular weight excluding hydrogens is 374 g/mol. The van der Waals surface area contributed by atoms with Crippen LogP contribution in [0.15, 0.2) is 60.7 Å².